The van der Waals surface area contributed by atoms with Crippen LogP contribution in [0.4, 0.5) is 0 Å². The van der Waals surface area contributed by atoms with Gasteiger partial charge in [0.2, 0.25) is 0 Å². The van der Waals surface area contributed by atoms with Crippen LogP contribution in [0.5, 0.6) is 0 Å². The molecule has 1 N–H and O–H groups in total. The van der Waals surface area contributed by atoms with Gasteiger partial charge in [-0.05, 0) is 0 Å². The molecule has 19 heteroatoms. The van der Waals surface area contributed by atoms with Crippen molar-refractivity contribution in [2.24, 2.45) is 0 Å². The van der Waals surface area contributed by atoms with Crippen LogP contribution in [0.2, 0.25) is 0 Å². The second-order valence-electron chi connectivity index (χ2n) is 10.8. The SMILES string of the molecule is C=CC(CO)O[C@@H]1O[C@H](COC(C)=O)[C@@H](O[C@H]2O[C@H](COC(C)=O)[C@@H](OC(C)=O)[C@H](OC(C)=O)[C@H]2OC(C)=O)[C@H](OC(C)=O)[C@H]1OC(C)=O. The first kappa shape index (κ1) is 41.0. The van der Waals surface area contributed by atoms with E-state index in [4.69, 9.17) is 52.1 Å². The Kier molecular flexibility index (Phi) is 16.0. The molecule has 0 spiro atoms. The summed E-state index contributed by atoms with van der Waals surface area (Å²) < 4.78 is 61.4. The van der Waals surface area contributed by atoms with Crippen molar-refractivity contribution in [3.05, 3.63) is 12.7 Å². The first-order chi connectivity index (χ1) is 23.0. The van der Waals surface area contributed by atoms with Crippen molar-refractivity contribution in [2.45, 2.75) is 116 Å². The van der Waals surface area contributed by atoms with Gasteiger partial charge in [-0.15, -0.1) is 6.58 Å². The van der Waals surface area contributed by atoms with Crippen LogP contribution in [-0.4, -0.2) is 134 Å². The molecule has 49 heavy (non-hydrogen) atoms. The number of hydrogen-bond acceptors (Lipinski definition) is 19. The largest absolute Gasteiger partial charge is 0.463 e. The maximum absolute atomic E-state index is 12.4. The molecule has 2 aliphatic rings. The molecule has 19 nitrogen and oxygen atoms in total. The van der Waals surface area contributed by atoms with Crippen molar-refractivity contribution in [1.29, 1.82) is 0 Å². The van der Waals surface area contributed by atoms with Crippen molar-refractivity contribution in [1.82, 2.24) is 0 Å². The Labute approximate surface area is 281 Å². The van der Waals surface area contributed by atoms with Gasteiger partial charge in [0.15, 0.2) is 43.1 Å². The Balaban J connectivity index is 2.75. The molecule has 2 aliphatic heterocycles. The molecule has 0 bridgehead atoms. The Hall–Kier alpha value is -4.17. The molecule has 0 aromatic heterocycles. The molecule has 11 atom stereocenters. The van der Waals surface area contributed by atoms with Gasteiger partial charge in [0, 0.05) is 48.5 Å². The highest BCUT2D eigenvalue weighted by molar-refractivity contribution is 5.69. The molecule has 2 rings (SSSR count). The normalized spacial score (nSPS) is 30.0. The van der Waals surface area contributed by atoms with Crippen molar-refractivity contribution in [3.63, 3.8) is 0 Å². The van der Waals surface area contributed by atoms with Gasteiger partial charge in [0.1, 0.15) is 37.6 Å². The topological polar surface area (TPSA) is 241 Å². The van der Waals surface area contributed by atoms with Gasteiger partial charge >= 0.3 is 41.8 Å². The lowest BCUT2D eigenvalue weighted by Crippen LogP contribution is -2.67. The summed E-state index contributed by atoms with van der Waals surface area (Å²) in [5.41, 5.74) is 0. The van der Waals surface area contributed by atoms with Gasteiger partial charge < -0.3 is 57.2 Å². The number of carbonyl (C=O) groups is 7. The van der Waals surface area contributed by atoms with E-state index in [1.807, 2.05) is 0 Å². The third kappa shape index (κ3) is 12.7. The van der Waals surface area contributed by atoms with Crippen LogP contribution >= 0.6 is 0 Å². The fourth-order valence-electron chi connectivity index (χ4n) is 4.93. The predicted octanol–water partition coefficient (Wildman–Crippen LogP) is -0.830. The van der Waals surface area contributed by atoms with E-state index in [0.29, 0.717) is 0 Å². The first-order valence-electron chi connectivity index (χ1n) is 14.9. The van der Waals surface area contributed by atoms with Crippen LogP contribution in [-0.2, 0) is 85.7 Å². The minimum Gasteiger partial charge on any atom is -0.463 e. The maximum Gasteiger partial charge on any atom is 0.303 e. The molecular formula is C30H42O19. The summed E-state index contributed by atoms with van der Waals surface area (Å²) in [4.78, 5) is 84.9. The van der Waals surface area contributed by atoms with Crippen LogP contribution < -0.4 is 0 Å². The third-order valence-electron chi connectivity index (χ3n) is 6.64. The number of ether oxygens (including phenoxy) is 11. The summed E-state index contributed by atoms with van der Waals surface area (Å²) in [7, 11) is 0. The van der Waals surface area contributed by atoms with Crippen LogP contribution in [0.1, 0.15) is 48.5 Å². The molecule has 0 amide bonds. The Bertz CT molecular complexity index is 1220. The summed E-state index contributed by atoms with van der Waals surface area (Å²) in [5.74, 6) is -6.03. The van der Waals surface area contributed by atoms with E-state index < -0.39 is 129 Å². The van der Waals surface area contributed by atoms with E-state index in [2.05, 4.69) is 6.58 Å². The number of rotatable bonds is 15. The zero-order valence-electron chi connectivity index (χ0n) is 28.1. The summed E-state index contributed by atoms with van der Waals surface area (Å²) >= 11 is 0. The van der Waals surface area contributed by atoms with Gasteiger partial charge in [0.05, 0.1) is 6.61 Å². The zero-order valence-corrected chi connectivity index (χ0v) is 28.1. The second kappa shape index (κ2) is 19.1. The summed E-state index contributed by atoms with van der Waals surface area (Å²) in [6, 6.07) is 0. The highest BCUT2D eigenvalue weighted by Gasteiger charge is 2.57. The molecule has 0 saturated carbocycles. The molecule has 276 valence electrons. The molecular weight excluding hydrogens is 664 g/mol. The number of aliphatic hydroxyl groups is 1. The number of carbonyl (C=O) groups excluding carboxylic acids is 7. The van der Waals surface area contributed by atoms with Gasteiger partial charge in [-0.3, -0.25) is 33.6 Å². The van der Waals surface area contributed by atoms with Gasteiger partial charge in [0.25, 0.3) is 0 Å². The van der Waals surface area contributed by atoms with Crippen molar-refractivity contribution >= 4 is 41.8 Å². The Morgan fingerprint density at radius 3 is 1.35 bits per heavy atom. The Morgan fingerprint density at radius 1 is 0.571 bits per heavy atom. The first-order valence-corrected chi connectivity index (χ1v) is 14.9. The molecule has 1 unspecified atom stereocenters. The summed E-state index contributed by atoms with van der Waals surface area (Å²) in [5, 5.41) is 9.72. The average molecular weight is 707 g/mol. The average Bonchev–Trinajstić information content (AvgIpc) is 2.98. The standard InChI is InChI=1S/C30H42O19/c1-9-20(10-31)46-29-27(44-18(7)37)26(43-17(6)36)24(22(47-29)12-40-14(3)33)49-30-28(45-19(8)38)25(42-16(5)35)23(41-15(4)34)21(48-30)11-39-13(2)32/h9,20-31H,1,10-12H2,2-8H3/t20?,21-,22-,23-,24-,25+,26+,27-,28-,29-,30-/m1/s1. The van der Waals surface area contributed by atoms with Crippen molar-refractivity contribution < 1.29 is 90.8 Å². The lowest BCUT2D eigenvalue weighted by atomic mass is 9.96. The molecule has 2 heterocycles. The number of esters is 7. The van der Waals surface area contributed by atoms with E-state index in [9.17, 15) is 38.7 Å². The van der Waals surface area contributed by atoms with Crippen molar-refractivity contribution in [3.8, 4) is 0 Å². The summed E-state index contributed by atoms with van der Waals surface area (Å²) in [6.45, 7) is 9.12. The lowest BCUT2D eigenvalue weighted by molar-refractivity contribution is -0.363. The van der Waals surface area contributed by atoms with E-state index in [1.165, 1.54) is 6.08 Å². The molecule has 0 aromatic carbocycles. The monoisotopic (exact) mass is 706 g/mol. The lowest BCUT2D eigenvalue weighted by Gasteiger charge is -2.48. The Morgan fingerprint density at radius 2 is 0.939 bits per heavy atom. The third-order valence-corrected chi connectivity index (χ3v) is 6.64. The highest BCUT2D eigenvalue weighted by Crippen LogP contribution is 2.35. The zero-order chi connectivity index (χ0) is 37.0. The fourth-order valence-corrected chi connectivity index (χ4v) is 4.93. The van der Waals surface area contributed by atoms with Crippen molar-refractivity contribution in [2.75, 3.05) is 19.8 Å². The minimum absolute atomic E-state index is 0.584. The van der Waals surface area contributed by atoms with Crippen LogP contribution in [0.25, 0.3) is 0 Å². The molecule has 0 radical (unpaired) electrons. The highest BCUT2D eigenvalue weighted by atomic mass is 16.8. The number of aliphatic hydroxyl groups excluding tert-OH is 1. The number of hydrogen-bond donors (Lipinski definition) is 1. The van der Waals surface area contributed by atoms with Crippen LogP contribution in [0.15, 0.2) is 12.7 Å². The van der Waals surface area contributed by atoms with E-state index >= 15 is 0 Å². The smallest absolute Gasteiger partial charge is 0.303 e. The summed E-state index contributed by atoms with van der Waals surface area (Å²) in [6.07, 6.45) is -15.9. The van der Waals surface area contributed by atoms with Crippen LogP contribution in [0, 0.1) is 0 Å². The maximum atomic E-state index is 12.4. The van der Waals surface area contributed by atoms with E-state index in [1.54, 1.807) is 0 Å². The van der Waals surface area contributed by atoms with Gasteiger partial charge in [-0.2, -0.15) is 0 Å². The van der Waals surface area contributed by atoms with Gasteiger partial charge in [-0.25, -0.2) is 0 Å². The molecule has 2 fully saturated rings. The van der Waals surface area contributed by atoms with E-state index in [-0.39, 0.29) is 0 Å². The quantitative estimate of drug-likeness (QED) is 0.124. The molecule has 0 aliphatic carbocycles. The van der Waals surface area contributed by atoms with Gasteiger partial charge in [-0.1, -0.05) is 6.08 Å². The second-order valence-corrected chi connectivity index (χ2v) is 10.8. The fraction of sp³-hybridized carbons (Fsp3) is 0.700. The molecule has 2 saturated heterocycles. The van der Waals surface area contributed by atoms with E-state index in [0.717, 1.165) is 48.5 Å². The minimum atomic E-state index is -1.82. The predicted molar refractivity (Wildman–Crippen MR) is 155 cm³/mol. The molecule has 0 aromatic rings. The van der Waals surface area contributed by atoms with Crippen LogP contribution in [0.3, 0.4) is 0 Å².